The summed E-state index contributed by atoms with van der Waals surface area (Å²) in [7, 11) is 0. The molecule has 0 aliphatic heterocycles. The number of benzene rings is 2. The van der Waals surface area contributed by atoms with Crippen molar-refractivity contribution in [3.63, 3.8) is 0 Å². The van der Waals surface area contributed by atoms with Crippen LogP contribution in [0.1, 0.15) is 29.0 Å². The topological polar surface area (TPSA) is 9.23 Å². The minimum atomic E-state index is -0.200. The summed E-state index contributed by atoms with van der Waals surface area (Å²) in [5.41, 5.74) is 3.21. The Kier molecular flexibility index (Phi) is 4.73. The number of hydrogen-bond donors (Lipinski definition) is 0. The molecular weight excluding hydrogens is 279 g/mol. The number of aryl methyl sites for hydroxylation is 1. The van der Waals surface area contributed by atoms with Gasteiger partial charge in [-0.25, -0.2) is 0 Å². The summed E-state index contributed by atoms with van der Waals surface area (Å²) in [6.07, 6.45) is 0. The lowest BCUT2D eigenvalue weighted by molar-refractivity contribution is 0.340. The number of alkyl halides is 1. The van der Waals surface area contributed by atoms with Crippen LogP contribution in [0, 0.1) is 6.92 Å². The van der Waals surface area contributed by atoms with Crippen molar-refractivity contribution < 1.29 is 4.74 Å². The number of hydrogen-bond acceptors (Lipinski definition) is 1. The van der Waals surface area contributed by atoms with E-state index < -0.39 is 0 Å². The van der Waals surface area contributed by atoms with Gasteiger partial charge in [-0.15, -0.1) is 11.6 Å². The molecule has 0 fully saturated rings. The molecule has 0 spiro atoms. The Morgan fingerprint density at radius 3 is 2.42 bits per heavy atom. The maximum Gasteiger partial charge on any atom is 0.119 e. The van der Waals surface area contributed by atoms with Crippen LogP contribution in [0.15, 0.2) is 42.5 Å². The van der Waals surface area contributed by atoms with Gasteiger partial charge in [0.1, 0.15) is 5.75 Å². The van der Waals surface area contributed by atoms with E-state index in [1.807, 2.05) is 56.3 Å². The lowest BCUT2D eigenvalue weighted by atomic mass is 10.00. The molecule has 0 saturated carbocycles. The van der Waals surface area contributed by atoms with E-state index in [0.29, 0.717) is 11.6 Å². The van der Waals surface area contributed by atoms with Crippen LogP contribution in [0.4, 0.5) is 0 Å². The summed E-state index contributed by atoms with van der Waals surface area (Å²) < 4.78 is 5.42. The minimum absolute atomic E-state index is 0.200. The van der Waals surface area contributed by atoms with Crippen LogP contribution in [-0.2, 0) is 0 Å². The molecule has 1 nitrogen and oxygen atoms in total. The van der Waals surface area contributed by atoms with Crippen LogP contribution in [0.25, 0.3) is 0 Å². The van der Waals surface area contributed by atoms with Gasteiger partial charge in [-0.3, -0.25) is 0 Å². The molecule has 2 aromatic carbocycles. The first kappa shape index (κ1) is 14.2. The zero-order chi connectivity index (χ0) is 13.8. The molecular formula is C16H16Cl2O. The molecule has 0 N–H and O–H groups in total. The molecule has 0 bridgehead atoms. The molecule has 1 unspecified atom stereocenters. The van der Waals surface area contributed by atoms with Gasteiger partial charge < -0.3 is 4.74 Å². The van der Waals surface area contributed by atoms with Crippen molar-refractivity contribution in [2.45, 2.75) is 19.2 Å². The lowest BCUT2D eigenvalue weighted by Gasteiger charge is -2.14. The van der Waals surface area contributed by atoms with Gasteiger partial charge in [-0.2, -0.15) is 0 Å². The SMILES string of the molecule is CCOc1ccc(C(Cl)c2cc(Cl)ccc2C)cc1. The monoisotopic (exact) mass is 294 g/mol. The van der Waals surface area contributed by atoms with Crippen LogP contribution < -0.4 is 4.74 Å². The molecule has 0 aliphatic rings. The predicted molar refractivity (Wildman–Crippen MR) is 81.5 cm³/mol. The highest BCUT2D eigenvalue weighted by Crippen LogP contribution is 2.33. The smallest absolute Gasteiger partial charge is 0.119 e. The second kappa shape index (κ2) is 6.31. The van der Waals surface area contributed by atoms with Crippen LogP contribution in [-0.4, -0.2) is 6.61 Å². The van der Waals surface area contributed by atoms with Crippen molar-refractivity contribution in [1.29, 1.82) is 0 Å². The van der Waals surface area contributed by atoms with Gasteiger partial charge in [-0.05, 0) is 54.8 Å². The van der Waals surface area contributed by atoms with Crippen molar-refractivity contribution in [2.75, 3.05) is 6.61 Å². The summed E-state index contributed by atoms with van der Waals surface area (Å²) in [5.74, 6) is 0.859. The van der Waals surface area contributed by atoms with Gasteiger partial charge in [-0.1, -0.05) is 29.8 Å². The molecule has 0 heterocycles. The van der Waals surface area contributed by atoms with E-state index in [1.165, 1.54) is 0 Å². The zero-order valence-electron chi connectivity index (χ0n) is 11.0. The summed E-state index contributed by atoms with van der Waals surface area (Å²) in [6, 6.07) is 13.6. The zero-order valence-corrected chi connectivity index (χ0v) is 12.5. The van der Waals surface area contributed by atoms with Crippen LogP contribution in [0.5, 0.6) is 5.75 Å². The van der Waals surface area contributed by atoms with E-state index in [0.717, 1.165) is 22.4 Å². The molecule has 19 heavy (non-hydrogen) atoms. The molecule has 0 saturated heterocycles. The van der Waals surface area contributed by atoms with Gasteiger partial charge in [0.05, 0.1) is 12.0 Å². The average Bonchev–Trinajstić information content (AvgIpc) is 2.42. The van der Waals surface area contributed by atoms with Gasteiger partial charge in [0.2, 0.25) is 0 Å². The summed E-state index contributed by atoms with van der Waals surface area (Å²) >= 11 is 12.6. The Bertz CT molecular complexity index is 549. The van der Waals surface area contributed by atoms with E-state index in [-0.39, 0.29) is 5.38 Å². The Hall–Kier alpha value is -1.18. The Morgan fingerprint density at radius 1 is 1.11 bits per heavy atom. The van der Waals surface area contributed by atoms with E-state index in [4.69, 9.17) is 27.9 Å². The van der Waals surface area contributed by atoms with Gasteiger partial charge in [0.25, 0.3) is 0 Å². The third-order valence-electron chi connectivity index (χ3n) is 3.00. The van der Waals surface area contributed by atoms with Gasteiger partial charge in [0.15, 0.2) is 0 Å². The Balaban J connectivity index is 2.27. The van der Waals surface area contributed by atoms with Crippen molar-refractivity contribution in [3.05, 3.63) is 64.2 Å². The highest BCUT2D eigenvalue weighted by molar-refractivity contribution is 6.31. The van der Waals surface area contributed by atoms with E-state index in [2.05, 4.69) is 0 Å². The van der Waals surface area contributed by atoms with E-state index in [1.54, 1.807) is 0 Å². The van der Waals surface area contributed by atoms with Gasteiger partial charge >= 0.3 is 0 Å². The standard InChI is InChI=1S/C16H16Cl2O/c1-3-19-14-8-5-12(6-9-14)16(18)15-10-13(17)7-4-11(15)2/h4-10,16H,3H2,1-2H3. The molecule has 0 radical (unpaired) electrons. The highest BCUT2D eigenvalue weighted by Gasteiger charge is 2.13. The largest absolute Gasteiger partial charge is 0.494 e. The normalized spacial score (nSPS) is 12.2. The van der Waals surface area contributed by atoms with Crippen LogP contribution in [0.3, 0.4) is 0 Å². The second-order valence-electron chi connectivity index (χ2n) is 4.37. The third-order valence-corrected chi connectivity index (χ3v) is 3.72. The van der Waals surface area contributed by atoms with Crippen molar-refractivity contribution >= 4 is 23.2 Å². The van der Waals surface area contributed by atoms with E-state index >= 15 is 0 Å². The number of rotatable bonds is 4. The highest BCUT2D eigenvalue weighted by atomic mass is 35.5. The Morgan fingerprint density at radius 2 is 1.79 bits per heavy atom. The predicted octanol–water partition coefficient (Wildman–Crippen LogP) is 5.38. The molecule has 0 amide bonds. The fourth-order valence-corrected chi connectivity index (χ4v) is 2.52. The summed E-state index contributed by atoms with van der Waals surface area (Å²) in [4.78, 5) is 0. The number of halogens is 2. The quantitative estimate of drug-likeness (QED) is 0.688. The average molecular weight is 295 g/mol. The van der Waals surface area contributed by atoms with Crippen LogP contribution in [0.2, 0.25) is 5.02 Å². The van der Waals surface area contributed by atoms with Crippen molar-refractivity contribution in [3.8, 4) is 5.75 Å². The third kappa shape index (κ3) is 3.43. The Labute approximate surface area is 124 Å². The molecule has 0 aliphatic carbocycles. The fraction of sp³-hybridized carbons (Fsp3) is 0.250. The second-order valence-corrected chi connectivity index (χ2v) is 5.24. The maximum absolute atomic E-state index is 6.54. The summed E-state index contributed by atoms with van der Waals surface area (Å²) in [6.45, 7) is 4.67. The van der Waals surface area contributed by atoms with Crippen molar-refractivity contribution in [2.24, 2.45) is 0 Å². The molecule has 2 aromatic rings. The molecule has 0 aromatic heterocycles. The van der Waals surface area contributed by atoms with Crippen LogP contribution >= 0.6 is 23.2 Å². The summed E-state index contributed by atoms with van der Waals surface area (Å²) in [5, 5.41) is 0.506. The van der Waals surface area contributed by atoms with Crippen molar-refractivity contribution in [1.82, 2.24) is 0 Å². The first-order chi connectivity index (χ1) is 9.11. The first-order valence-electron chi connectivity index (χ1n) is 6.24. The lowest BCUT2D eigenvalue weighted by Crippen LogP contribution is -1.97. The molecule has 1 atom stereocenters. The minimum Gasteiger partial charge on any atom is -0.494 e. The van der Waals surface area contributed by atoms with E-state index in [9.17, 15) is 0 Å². The number of ether oxygens (including phenoxy) is 1. The maximum atomic E-state index is 6.54. The van der Waals surface area contributed by atoms with Gasteiger partial charge in [0, 0.05) is 5.02 Å². The molecule has 100 valence electrons. The fourth-order valence-electron chi connectivity index (χ4n) is 1.96. The first-order valence-corrected chi connectivity index (χ1v) is 7.06. The molecule has 2 rings (SSSR count). The molecule has 3 heteroatoms.